The summed E-state index contributed by atoms with van der Waals surface area (Å²) >= 11 is 7.36. The number of fused-ring (bicyclic) bond motifs is 1. The maximum absolute atomic E-state index is 11.5. The average Bonchev–Trinajstić information content (AvgIpc) is 2.98. The molecular weight excluding hydrogens is 332 g/mol. The molecule has 4 nitrogen and oxygen atoms in total. The Morgan fingerprint density at radius 1 is 1.39 bits per heavy atom. The first-order chi connectivity index (χ1) is 11.2. The lowest BCUT2D eigenvalue weighted by atomic mass is 10.2. The number of carbonyl (C=O) groups is 1. The maximum Gasteiger partial charge on any atom is 0.219 e. The van der Waals surface area contributed by atoms with Gasteiger partial charge in [-0.3, -0.25) is 4.79 Å². The quantitative estimate of drug-likeness (QED) is 0.609. The topological polar surface area (TPSA) is 42.4 Å². The van der Waals surface area contributed by atoms with Crippen molar-refractivity contribution in [3.8, 4) is 16.3 Å². The van der Waals surface area contributed by atoms with E-state index in [1.165, 1.54) is 4.88 Å². The molecule has 0 saturated heterocycles. The monoisotopic (exact) mass is 350 g/mol. The van der Waals surface area contributed by atoms with Gasteiger partial charge in [-0.2, -0.15) is 0 Å². The highest BCUT2D eigenvalue weighted by atomic mass is 35.5. The summed E-state index contributed by atoms with van der Waals surface area (Å²) in [6.45, 7) is 3.66. The number of halogens is 1. The first kappa shape index (κ1) is 16.3. The number of hydrogen-bond donors (Lipinski definition) is 0. The third-order valence-corrected chi connectivity index (χ3v) is 5.29. The van der Waals surface area contributed by atoms with Crippen LogP contribution in [0.1, 0.15) is 23.9 Å². The molecule has 0 N–H and O–H groups in total. The van der Waals surface area contributed by atoms with Crippen LogP contribution in [0.5, 0.6) is 5.75 Å². The molecule has 0 bridgehead atoms. The summed E-state index contributed by atoms with van der Waals surface area (Å²) in [5.41, 5.74) is 2.12. The number of alkyl halides is 1. The second-order valence-electron chi connectivity index (χ2n) is 5.49. The highest BCUT2D eigenvalue weighted by Crippen LogP contribution is 2.32. The van der Waals surface area contributed by atoms with Gasteiger partial charge in [-0.25, -0.2) is 4.98 Å². The van der Waals surface area contributed by atoms with E-state index < -0.39 is 0 Å². The van der Waals surface area contributed by atoms with E-state index >= 15 is 0 Å². The average molecular weight is 351 g/mol. The molecule has 1 aliphatic heterocycles. The van der Waals surface area contributed by atoms with Crippen molar-refractivity contribution in [1.29, 1.82) is 0 Å². The van der Waals surface area contributed by atoms with Crippen molar-refractivity contribution in [2.24, 2.45) is 0 Å². The number of carbonyl (C=O) groups excluding carboxylic acids is 1. The Bertz CT molecular complexity index is 684. The molecule has 6 heteroatoms. The minimum Gasteiger partial charge on any atom is -0.494 e. The van der Waals surface area contributed by atoms with Crippen LogP contribution < -0.4 is 4.74 Å². The van der Waals surface area contributed by atoms with Gasteiger partial charge in [0.05, 0.1) is 18.8 Å². The second kappa shape index (κ2) is 7.32. The SMILES string of the molecule is CC(=O)N1CCc2sc(-c3ccc(OCCCCl)cc3)nc2C1. The molecule has 1 amide bonds. The molecule has 122 valence electrons. The fraction of sp³-hybridized carbons (Fsp3) is 0.412. The van der Waals surface area contributed by atoms with Crippen LogP contribution in [0.2, 0.25) is 0 Å². The minimum atomic E-state index is 0.114. The molecule has 0 radical (unpaired) electrons. The number of rotatable bonds is 5. The Balaban J connectivity index is 1.72. The lowest BCUT2D eigenvalue weighted by molar-refractivity contribution is -0.129. The number of thiazole rings is 1. The highest BCUT2D eigenvalue weighted by molar-refractivity contribution is 7.15. The summed E-state index contributed by atoms with van der Waals surface area (Å²) in [6, 6.07) is 7.99. The van der Waals surface area contributed by atoms with Crippen LogP contribution in [0.4, 0.5) is 0 Å². The Morgan fingerprint density at radius 3 is 2.87 bits per heavy atom. The van der Waals surface area contributed by atoms with E-state index in [9.17, 15) is 4.79 Å². The first-order valence-corrected chi connectivity index (χ1v) is 9.06. The summed E-state index contributed by atoms with van der Waals surface area (Å²) in [5, 5.41) is 1.01. The zero-order valence-electron chi connectivity index (χ0n) is 13.0. The molecule has 0 aliphatic carbocycles. The van der Waals surface area contributed by atoms with Crippen molar-refractivity contribution < 1.29 is 9.53 Å². The Morgan fingerprint density at radius 2 is 2.17 bits per heavy atom. The molecule has 0 saturated carbocycles. The highest BCUT2D eigenvalue weighted by Gasteiger charge is 2.22. The zero-order chi connectivity index (χ0) is 16.2. The van der Waals surface area contributed by atoms with Crippen molar-refractivity contribution in [1.82, 2.24) is 9.88 Å². The van der Waals surface area contributed by atoms with Crippen LogP contribution in [-0.4, -0.2) is 34.8 Å². The van der Waals surface area contributed by atoms with E-state index in [1.54, 1.807) is 18.3 Å². The molecule has 0 fully saturated rings. The van der Waals surface area contributed by atoms with Crippen LogP contribution >= 0.6 is 22.9 Å². The molecule has 2 heterocycles. The van der Waals surface area contributed by atoms with Gasteiger partial charge in [0.2, 0.25) is 5.91 Å². The molecule has 3 rings (SSSR count). The molecule has 1 aromatic heterocycles. The van der Waals surface area contributed by atoms with Gasteiger partial charge >= 0.3 is 0 Å². The number of amides is 1. The van der Waals surface area contributed by atoms with Gasteiger partial charge in [-0.05, 0) is 30.7 Å². The summed E-state index contributed by atoms with van der Waals surface area (Å²) < 4.78 is 5.61. The number of benzene rings is 1. The Kier molecular flexibility index (Phi) is 5.18. The van der Waals surface area contributed by atoms with Gasteiger partial charge in [0, 0.05) is 36.2 Å². The summed E-state index contributed by atoms with van der Waals surface area (Å²) in [7, 11) is 0. The lowest BCUT2D eigenvalue weighted by Crippen LogP contribution is -2.33. The van der Waals surface area contributed by atoms with Crippen molar-refractivity contribution in [2.75, 3.05) is 19.0 Å². The van der Waals surface area contributed by atoms with Gasteiger partial charge in [-0.1, -0.05) is 0 Å². The zero-order valence-corrected chi connectivity index (χ0v) is 14.6. The molecule has 23 heavy (non-hydrogen) atoms. The van der Waals surface area contributed by atoms with Gasteiger partial charge in [0.1, 0.15) is 10.8 Å². The van der Waals surface area contributed by atoms with Crippen molar-refractivity contribution in [3.63, 3.8) is 0 Å². The molecule has 1 aliphatic rings. The minimum absolute atomic E-state index is 0.114. The summed E-state index contributed by atoms with van der Waals surface area (Å²) in [6.07, 6.45) is 1.74. The van der Waals surface area contributed by atoms with E-state index in [2.05, 4.69) is 0 Å². The molecular formula is C17H19ClN2O2S. The smallest absolute Gasteiger partial charge is 0.219 e. The molecule has 0 unspecified atom stereocenters. The van der Waals surface area contributed by atoms with Crippen LogP contribution in [0.25, 0.3) is 10.6 Å². The van der Waals surface area contributed by atoms with Gasteiger partial charge in [-0.15, -0.1) is 22.9 Å². The fourth-order valence-corrected chi connectivity index (χ4v) is 3.70. The van der Waals surface area contributed by atoms with Crippen LogP contribution in [0.3, 0.4) is 0 Å². The van der Waals surface area contributed by atoms with Gasteiger partial charge in [0.25, 0.3) is 0 Å². The predicted molar refractivity (Wildman–Crippen MR) is 93.2 cm³/mol. The van der Waals surface area contributed by atoms with E-state index in [-0.39, 0.29) is 5.91 Å². The van der Waals surface area contributed by atoms with E-state index in [4.69, 9.17) is 21.3 Å². The third kappa shape index (κ3) is 3.85. The second-order valence-corrected chi connectivity index (χ2v) is 6.96. The van der Waals surface area contributed by atoms with E-state index in [1.807, 2.05) is 29.2 Å². The van der Waals surface area contributed by atoms with Crippen molar-refractivity contribution in [2.45, 2.75) is 26.3 Å². The lowest BCUT2D eigenvalue weighted by Gasteiger charge is -2.24. The Hall–Kier alpha value is -1.59. The molecule has 0 atom stereocenters. The normalized spacial score (nSPS) is 13.7. The summed E-state index contributed by atoms with van der Waals surface area (Å²) in [4.78, 5) is 19.4. The molecule has 0 spiro atoms. The number of ether oxygens (including phenoxy) is 1. The number of aromatic nitrogens is 1. The fourth-order valence-electron chi connectivity index (χ4n) is 2.53. The Labute approximate surface area is 145 Å². The van der Waals surface area contributed by atoms with Crippen molar-refractivity contribution in [3.05, 3.63) is 34.8 Å². The molecule has 1 aromatic carbocycles. The van der Waals surface area contributed by atoms with E-state index in [0.717, 1.165) is 41.4 Å². The number of nitrogens with zero attached hydrogens (tertiary/aromatic N) is 2. The summed E-state index contributed by atoms with van der Waals surface area (Å²) in [5.74, 6) is 1.58. The van der Waals surface area contributed by atoms with Gasteiger partial charge < -0.3 is 9.64 Å². The van der Waals surface area contributed by atoms with Crippen LogP contribution in [-0.2, 0) is 17.8 Å². The first-order valence-electron chi connectivity index (χ1n) is 7.70. The maximum atomic E-state index is 11.5. The van der Waals surface area contributed by atoms with Crippen LogP contribution in [0, 0.1) is 0 Å². The molecule has 2 aromatic rings. The van der Waals surface area contributed by atoms with E-state index in [0.29, 0.717) is 19.0 Å². The van der Waals surface area contributed by atoms with Crippen molar-refractivity contribution >= 4 is 28.8 Å². The predicted octanol–water partition coefficient (Wildman–Crippen LogP) is 3.72. The van der Waals surface area contributed by atoms with Gasteiger partial charge in [0.15, 0.2) is 0 Å². The largest absolute Gasteiger partial charge is 0.494 e. The van der Waals surface area contributed by atoms with Crippen LogP contribution in [0.15, 0.2) is 24.3 Å². The third-order valence-electron chi connectivity index (χ3n) is 3.82. The number of hydrogen-bond acceptors (Lipinski definition) is 4. The standard InChI is InChI=1S/C17H19ClN2O2S/c1-12(21)20-9-7-16-15(11-20)19-17(23-16)13-3-5-14(6-4-13)22-10-2-8-18/h3-6H,2,7-11H2,1H3.